The number of nitrogens with one attached hydrogen (secondary N) is 1. The first-order valence-electron chi connectivity index (χ1n) is 7.69. The van der Waals surface area contributed by atoms with Crippen molar-refractivity contribution in [1.82, 2.24) is 9.97 Å². The summed E-state index contributed by atoms with van der Waals surface area (Å²) >= 11 is 1.20. The fourth-order valence-corrected chi connectivity index (χ4v) is 4.00. The second-order valence-corrected chi connectivity index (χ2v) is 8.65. The molecule has 0 aliphatic heterocycles. The van der Waals surface area contributed by atoms with E-state index in [1.54, 1.807) is 18.3 Å². The Bertz CT molecular complexity index is 1080. The smallest absolute Gasteiger partial charge is 0.213 e. The molecule has 0 amide bonds. The van der Waals surface area contributed by atoms with Gasteiger partial charge in [0, 0.05) is 29.8 Å². The topological polar surface area (TPSA) is 101 Å². The van der Waals surface area contributed by atoms with Gasteiger partial charge < -0.3 is 15.2 Å². The van der Waals surface area contributed by atoms with Gasteiger partial charge in [0.2, 0.25) is 5.88 Å². The van der Waals surface area contributed by atoms with E-state index in [-0.39, 0.29) is 11.5 Å². The van der Waals surface area contributed by atoms with E-state index in [0.717, 1.165) is 12.3 Å². The van der Waals surface area contributed by atoms with Gasteiger partial charge in [0.1, 0.15) is 10.7 Å². The van der Waals surface area contributed by atoms with E-state index < -0.39 is 15.7 Å². The Labute approximate surface area is 159 Å². The number of hydrogen-bond acceptors (Lipinski definition) is 8. The zero-order valence-corrected chi connectivity index (χ0v) is 16.1. The largest absolute Gasteiger partial charge is 0.481 e. The van der Waals surface area contributed by atoms with Crippen molar-refractivity contribution < 1.29 is 22.7 Å². The molecule has 2 aromatic heterocycles. The highest BCUT2D eigenvalue weighted by Gasteiger charge is 2.16. The molecular weight excluding hydrogens is 393 g/mol. The monoisotopic (exact) mass is 409 g/mol. The number of rotatable bonds is 6. The van der Waals surface area contributed by atoms with E-state index in [1.807, 2.05) is 0 Å². The zero-order valence-electron chi connectivity index (χ0n) is 14.4. The lowest BCUT2D eigenvalue weighted by atomic mass is 10.2. The van der Waals surface area contributed by atoms with E-state index in [2.05, 4.69) is 15.3 Å². The fraction of sp³-hybridized carbons (Fsp3) is 0.176. The highest BCUT2D eigenvalue weighted by Crippen LogP contribution is 2.34. The number of benzene rings is 1. The van der Waals surface area contributed by atoms with Crippen LogP contribution in [0.15, 0.2) is 41.4 Å². The molecule has 7 nitrogen and oxygen atoms in total. The number of sulfone groups is 1. The summed E-state index contributed by atoms with van der Waals surface area (Å²) in [6, 6.07) is 7.17. The third-order valence-corrected chi connectivity index (χ3v) is 5.73. The summed E-state index contributed by atoms with van der Waals surface area (Å²) in [4.78, 5) is 8.72. The Hall–Kier alpha value is -2.56. The molecule has 142 valence electrons. The lowest BCUT2D eigenvalue weighted by Gasteiger charge is -2.05. The van der Waals surface area contributed by atoms with Gasteiger partial charge in [-0.05, 0) is 24.3 Å². The maximum Gasteiger partial charge on any atom is 0.213 e. The molecule has 3 rings (SSSR count). The van der Waals surface area contributed by atoms with E-state index in [0.29, 0.717) is 32.8 Å². The Morgan fingerprint density at radius 1 is 1.30 bits per heavy atom. The van der Waals surface area contributed by atoms with Crippen LogP contribution < -0.4 is 10.1 Å². The summed E-state index contributed by atoms with van der Waals surface area (Å²) in [5, 5.41) is 13.0. The van der Waals surface area contributed by atoms with E-state index in [1.165, 1.54) is 30.6 Å². The van der Waals surface area contributed by atoms with Crippen molar-refractivity contribution >= 4 is 32.0 Å². The average Bonchev–Trinajstić information content (AvgIpc) is 3.03. The molecule has 1 aromatic carbocycles. The highest BCUT2D eigenvalue weighted by molar-refractivity contribution is 7.90. The van der Waals surface area contributed by atoms with Crippen molar-refractivity contribution in [1.29, 1.82) is 0 Å². The molecule has 0 saturated heterocycles. The van der Waals surface area contributed by atoms with Gasteiger partial charge in [-0.15, -0.1) is 0 Å². The molecule has 0 unspecified atom stereocenters. The van der Waals surface area contributed by atoms with Gasteiger partial charge in [0.15, 0.2) is 15.0 Å². The first kappa shape index (κ1) is 19.2. The maximum absolute atomic E-state index is 14.1. The zero-order chi connectivity index (χ0) is 19.6. The number of pyridine rings is 1. The van der Waals surface area contributed by atoms with Crippen LogP contribution in [0.4, 0.5) is 15.2 Å². The quantitative estimate of drug-likeness (QED) is 0.645. The Morgan fingerprint density at radius 2 is 2.07 bits per heavy atom. The van der Waals surface area contributed by atoms with Crippen LogP contribution in [-0.4, -0.2) is 36.9 Å². The number of aliphatic hydroxyl groups is 1. The van der Waals surface area contributed by atoms with Crippen molar-refractivity contribution in [3.05, 3.63) is 47.2 Å². The van der Waals surface area contributed by atoms with Crippen LogP contribution in [0.1, 0.15) is 4.88 Å². The third-order valence-electron chi connectivity index (χ3n) is 3.64. The molecular formula is C17H16FN3O4S2. The third kappa shape index (κ3) is 4.24. The van der Waals surface area contributed by atoms with E-state index in [4.69, 9.17) is 4.74 Å². The van der Waals surface area contributed by atoms with Gasteiger partial charge >= 0.3 is 0 Å². The highest BCUT2D eigenvalue weighted by atomic mass is 32.2. The van der Waals surface area contributed by atoms with Crippen molar-refractivity contribution in [2.75, 3.05) is 18.7 Å². The minimum absolute atomic E-state index is 0.222. The predicted molar refractivity (Wildman–Crippen MR) is 101 cm³/mol. The second-order valence-electron chi connectivity index (χ2n) is 5.58. The van der Waals surface area contributed by atoms with Crippen molar-refractivity contribution in [3.8, 4) is 17.1 Å². The number of ether oxygens (including phenoxy) is 1. The van der Waals surface area contributed by atoms with Crippen LogP contribution in [0.2, 0.25) is 0 Å². The summed E-state index contributed by atoms with van der Waals surface area (Å²) < 4.78 is 42.2. The number of methoxy groups -OCH3 is 1. The second kappa shape index (κ2) is 7.59. The van der Waals surface area contributed by atoms with Gasteiger partial charge in [-0.2, -0.15) is 0 Å². The molecule has 27 heavy (non-hydrogen) atoms. The molecule has 0 saturated carbocycles. The van der Waals surface area contributed by atoms with Gasteiger partial charge in [-0.3, -0.25) is 0 Å². The molecule has 0 spiro atoms. The number of nitrogens with zero attached hydrogens (tertiary/aromatic N) is 2. The number of aromatic nitrogens is 2. The predicted octanol–water partition coefficient (Wildman–Crippen LogP) is 2.99. The summed E-state index contributed by atoms with van der Waals surface area (Å²) in [7, 11) is -2.14. The lowest BCUT2D eigenvalue weighted by molar-refractivity contribution is 0.286. The SMILES string of the molecule is COc1cc(-c2nc(Nc3ccc(S(C)(=O)=O)c(F)c3)sc2CO)ccn1. The summed E-state index contributed by atoms with van der Waals surface area (Å²) in [6.45, 7) is -0.222. The Morgan fingerprint density at radius 3 is 2.70 bits per heavy atom. The Kier molecular flexibility index (Phi) is 5.40. The Balaban J connectivity index is 1.93. The first-order valence-corrected chi connectivity index (χ1v) is 10.4. The number of thiazole rings is 1. The summed E-state index contributed by atoms with van der Waals surface area (Å²) in [5.74, 6) is -0.433. The van der Waals surface area contributed by atoms with Crippen LogP contribution in [0.25, 0.3) is 11.3 Å². The van der Waals surface area contributed by atoms with Gasteiger partial charge in [0.25, 0.3) is 0 Å². The van der Waals surface area contributed by atoms with Crippen LogP contribution in [0.3, 0.4) is 0 Å². The minimum Gasteiger partial charge on any atom is -0.481 e. The molecule has 0 fully saturated rings. The van der Waals surface area contributed by atoms with Gasteiger partial charge in [-0.25, -0.2) is 22.8 Å². The molecule has 0 bridgehead atoms. The average molecular weight is 409 g/mol. The maximum atomic E-state index is 14.1. The number of halogens is 1. The molecule has 2 N–H and O–H groups in total. The molecule has 0 aliphatic carbocycles. The standard InChI is InChI=1S/C17H16FN3O4S2/c1-25-15-7-10(5-6-19-15)16-13(9-22)26-17(21-16)20-11-3-4-14(12(18)8-11)27(2,23)24/h3-8,22H,9H2,1-2H3,(H,20,21). The lowest BCUT2D eigenvalue weighted by Crippen LogP contribution is -2.01. The molecule has 0 radical (unpaired) electrons. The van der Waals surface area contributed by atoms with Crippen LogP contribution in [-0.2, 0) is 16.4 Å². The first-order chi connectivity index (χ1) is 12.8. The van der Waals surface area contributed by atoms with Gasteiger partial charge in [0.05, 0.1) is 24.3 Å². The normalized spacial score (nSPS) is 11.4. The van der Waals surface area contributed by atoms with Crippen LogP contribution >= 0.6 is 11.3 Å². The molecule has 0 aliphatic rings. The molecule has 2 heterocycles. The van der Waals surface area contributed by atoms with Gasteiger partial charge in [-0.1, -0.05) is 11.3 Å². The van der Waals surface area contributed by atoms with Crippen LogP contribution in [0, 0.1) is 5.82 Å². The van der Waals surface area contributed by atoms with Crippen molar-refractivity contribution in [2.45, 2.75) is 11.5 Å². The minimum atomic E-state index is -3.64. The van der Waals surface area contributed by atoms with Crippen molar-refractivity contribution in [2.24, 2.45) is 0 Å². The fourth-order valence-electron chi connectivity index (χ4n) is 2.41. The molecule has 0 atom stereocenters. The van der Waals surface area contributed by atoms with E-state index >= 15 is 0 Å². The summed E-state index contributed by atoms with van der Waals surface area (Å²) in [6.07, 6.45) is 2.52. The van der Waals surface area contributed by atoms with Crippen LogP contribution in [0.5, 0.6) is 5.88 Å². The van der Waals surface area contributed by atoms with E-state index in [9.17, 15) is 17.9 Å². The molecule has 3 aromatic rings. The number of hydrogen-bond donors (Lipinski definition) is 2. The number of anilines is 2. The summed E-state index contributed by atoms with van der Waals surface area (Å²) in [5.41, 5.74) is 1.62. The van der Waals surface area contributed by atoms with Crippen molar-refractivity contribution in [3.63, 3.8) is 0 Å². The number of aliphatic hydroxyl groups excluding tert-OH is 1. The molecule has 10 heteroatoms.